The van der Waals surface area contributed by atoms with Crippen LogP contribution in [0.5, 0.6) is 5.75 Å². The number of carbonyl (C=O) groups is 1. The summed E-state index contributed by atoms with van der Waals surface area (Å²) in [5.74, 6) is 0.777. The second kappa shape index (κ2) is 7.77. The van der Waals surface area contributed by atoms with Crippen LogP contribution >= 0.6 is 0 Å². The standard InChI is InChI=1S/C17H18FN5O3/c1-3-23-11-19-21-15(23)8-22(2)17(24)14-9-26-16(20-14)10-25-13-6-4-12(18)5-7-13/h4-7,9,11H,3,8,10H2,1-2H3. The summed E-state index contributed by atoms with van der Waals surface area (Å²) in [5, 5.41) is 7.85. The number of rotatable bonds is 7. The van der Waals surface area contributed by atoms with Gasteiger partial charge in [-0.25, -0.2) is 9.37 Å². The second-order valence-corrected chi connectivity index (χ2v) is 5.56. The smallest absolute Gasteiger partial charge is 0.275 e. The van der Waals surface area contributed by atoms with Gasteiger partial charge < -0.3 is 18.6 Å². The van der Waals surface area contributed by atoms with E-state index in [9.17, 15) is 9.18 Å². The zero-order chi connectivity index (χ0) is 18.5. The summed E-state index contributed by atoms with van der Waals surface area (Å²) in [7, 11) is 1.65. The first-order chi connectivity index (χ1) is 12.6. The molecule has 0 fully saturated rings. The monoisotopic (exact) mass is 359 g/mol. The quantitative estimate of drug-likeness (QED) is 0.643. The summed E-state index contributed by atoms with van der Waals surface area (Å²) >= 11 is 0. The zero-order valence-corrected chi connectivity index (χ0v) is 14.4. The molecular weight excluding hydrogens is 341 g/mol. The Labute approximate surface area is 149 Å². The van der Waals surface area contributed by atoms with Crippen molar-refractivity contribution in [2.24, 2.45) is 0 Å². The van der Waals surface area contributed by atoms with E-state index in [1.807, 2.05) is 11.5 Å². The molecule has 0 atom stereocenters. The number of benzene rings is 1. The Morgan fingerprint density at radius 3 is 2.85 bits per heavy atom. The molecule has 0 N–H and O–H groups in total. The van der Waals surface area contributed by atoms with Crippen LogP contribution in [0.3, 0.4) is 0 Å². The van der Waals surface area contributed by atoms with Crippen LogP contribution in [-0.4, -0.2) is 37.6 Å². The van der Waals surface area contributed by atoms with Crippen molar-refractivity contribution in [3.05, 3.63) is 60.1 Å². The molecule has 0 unspecified atom stereocenters. The van der Waals surface area contributed by atoms with Gasteiger partial charge in [-0.1, -0.05) is 0 Å². The van der Waals surface area contributed by atoms with Gasteiger partial charge in [0.1, 0.15) is 24.2 Å². The lowest BCUT2D eigenvalue weighted by Crippen LogP contribution is -2.28. The van der Waals surface area contributed by atoms with Gasteiger partial charge in [0.25, 0.3) is 5.91 Å². The normalized spacial score (nSPS) is 10.7. The van der Waals surface area contributed by atoms with Gasteiger partial charge in [0, 0.05) is 13.6 Å². The van der Waals surface area contributed by atoms with Gasteiger partial charge in [0.05, 0.1) is 6.54 Å². The fourth-order valence-electron chi connectivity index (χ4n) is 2.30. The van der Waals surface area contributed by atoms with Crippen LogP contribution in [0.25, 0.3) is 0 Å². The largest absolute Gasteiger partial charge is 0.484 e. The fraction of sp³-hybridized carbons (Fsp3) is 0.294. The van der Waals surface area contributed by atoms with Crippen LogP contribution in [0.1, 0.15) is 29.1 Å². The first kappa shape index (κ1) is 17.6. The van der Waals surface area contributed by atoms with E-state index in [-0.39, 0.29) is 29.9 Å². The van der Waals surface area contributed by atoms with Crippen LogP contribution < -0.4 is 4.74 Å². The van der Waals surface area contributed by atoms with Gasteiger partial charge in [0.15, 0.2) is 18.1 Å². The number of aromatic nitrogens is 4. The second-order valence-electron chi connectivity index (χ2n) is 5.56. The van der Waals surface area contributed by atoms with Crippen molar-refractivity contribution in [1.82, 2.24) is 24.6 Å². The maximum atomic E-state index is 12.9. The molecule has 2 aromatic heterocycles. The highest BCUT2D eigenvalue weighted by Gasteiger charge is 2.19. The Balaban J connectivity index is 1.59. The van der Waals surface area contributed by atoms with Gasteiger partial charge in [-0.05, 0) is 31.2 Å². The first-order valence-electron chi connectivity index (χ1n) is 8.01. The number of hydrogen-bond acceptors (Lipinski definition) is 6. The maximum Gasteiger partial charge on any atom is 0.275 e. The number of oxazole rings is 1. The number of halogens is 1. The molecule has 9 heteroatoms. The van der Waals surface area contributed by atoms with Gasteiger partial charge >= 0.3 is 0 Å². The van der Waals surface area contributed by atoms with Crippen molar-refractivity contribution < 1.29 is 18.3 Å². The first-order valence-corrected chi connectivity index (χ1v) is 8.01. The third-order valence-electron chi connectivity index (χ3n) is 3.71. The Morgan fingerprint density at radius 2 is 2.12 bits per heavy atom. The topological polar surface area (TPSA) is 86.3 Å². The summed E-state index contributed by atoms with van der Waals surface area (Å²) in [6.07, 6.45) is 2.90. The lowest BCUT2D eigenvalue weighted by atomic mass is 10.3. The minimum atomic E-state index is -0.344. The minimum Gasteiger partial charge on any atom is -0.484 e. The number of hydrogen-bond donors (Lipinski definition) is 0. The fourth-order valence-corrected chi connectivity index (χ4v) is 2.30. The molecule has 3 aromatic rings. The summed E-state index contributed by atoms with van der Waals surface area (Å²) in [6, 6.07) is 5.59. The third-order valence-corrected chi connectivity index (χ3v) is 3.71. The predicted molar refractivity (Wildman–Crippen MR) is 88.7 cm³/mol. The van der Waals surface area contributed by atoms with Gasteiger partial charge in [0.2, 0.25) is 5.89 Å². The molecule has 0 bridgehead atoms. The van der Waals surface area contributed by atoms with Gasteiger partial charge in [-0.2, -0.15) is 0 Å². The van der Waals surface area contributed by atoms with E-state index in [4.69, 9.17) is 9.15 Å². The molecule has 1 amide bonds. The molecule has 0 aliphatic carbocycles. The average Bonchev–Trinajstić information content (AvgIpc) is 3.29. The summed E-state index contributed by atoms with van der Waals surface area (Å²) < 4.78 is 25.4. The average molecular weight is 359 g/mol. The molecule has 26 heavy (non-hydrogen) atoms. The Kier molecular flexibility index (Phi) is 5.26. The molecule has 0 aliphatic rings. The van der Waals surface area contributed by atoms with Crippen molar-refractivity contribution in [2.45, 2.75) is 26.6 Å². The van der Waals surface area contributed by atoms with E-state index >= 15 is 0 Å². The molecular formula is C17H18FN5O3. The zero-order valence-electron chi connectivity index (χ0n) is 14.4. The van der Waals surface area contributed by atoms with Crippen molar-refractivity contribution >= 4 is 5.91 Å². The summed E-state index contributed by atoms with van der Waals surface area (Å²) in [5.41, 5.74) is 0.174. The number of ether oxygens (including phenoxy) is 1. The van der Waals surface area contributed by atoms with Gasteiger partial charge in [-0.3, -0.25) is 4.79 Å². The molecule has 136 valence electrons. The Hall–Kier alpha value is -3.23. The van der Waals surface area contributed by atoms with Crippen molar-refractivity contribution in [3.63, 3.8) is 0 Å². The van der Waals surface area contributed by atoms with Crippen molar-refractivity contribution in [2.75, 3.05) is 7.05 Å². The number of amides is 1. The molecule has 8 nitrogen and oxygen atoms in total. The third kappa shape index (κ3) is 4.05. The summed E-state index contributed by atoms with van der Waals surface area (Å²) in [4.78, 5) is 18.1. The van der Waals surface area contributed by atoms with E-state index in [0.717, 1.165) is 6.54 Å². The molecule has 0 radical (unpaired) electrons. The van der Waals surface area contributed by atoms with Crippen LogP contribution in [-0.2, 0) is 19.7 Å². The number of aryl methyl sites for hydroxylation is 1. The van der Waals surface area contributed by atoms with E-state index in [1.54, 1.807) is 13.4 Å². The number of carbonyl (C=O) groups excluding carboxylic acids is 1. The van der Waals surface area contributed by atoms with Crippen LogP contribution in [0, 0.1) is 5.82 Å². The van der Waals surface area contributed by atoms with E-state index in [2.05, 4.69) is 15.2 Å². The molecule has 0 saturated carbocycles. The maximum absolute atomic E-state index is 12.9. The molecule has 0 saturated heterocycles. The highest BCUT2D eigenvalue weighted by atomic mass is 19.1. The molecule has 3 rings (SSSR count). The SMILES string of the molecule is CCn1cnnc1CN(C)C(=O)c1coc(COc2ccc(F)cc2)n1. The minimum absolute atomic E-state index is 0.0345. The van der Waals surface area contributed by atoms with E-state index in [1.165, 1.54) is 35.4 Å². The van der Waals surface area contributed by atoms with Crippen LogP contribution in [0.2, 0.25) is 0 Å². The Bertz CT molecular complexity index is 875. The predicted octanol–water partition coefficient (Wildman–Crippen LogP) is 2.28. The molecule has 2 heterocycles. The lowest BCUT2D eigenvalue weighted by Gasteiger charge is -2.15. The lowest BCUT2D eigenvalue weighted by molar-refractivity contribution is 0.0774. The number of nitrogens with zero attached hydrogens (tertiary/aromatic N) is 5. The molecule has 0 spiro atoms. The highest BCUT2D eigenvalue weighted by molar-refractivity contribution is 5.91. The van der Waals surface area contributed by atoms with E-state index < -0.39 is 0 Å². The molecule has 0 aliphatic heterocycles. The summed E-state index contributed by atoms with van der Waals surface area (Å²) in [6.45, 7) is 3.03. The van der Waals surface area contributed by atoms with Crippen LogP contribution in [0.4, 0.5) is 4.39 Å². The Morgan fingerprint density at radius 1 is 1.35 bits per heavy atom. The molecule has 1 aromatic carbocycles. The van der Waals surface area contributed by atoms with E-state index in [0.29, 0.717) is 18.1 Å². The van der Waals surface area contributed by atoms with Gasteiger partial charge in [-0.15, -0.1) is 10.2 Å². The highest BCUT2D eigenvalue weighted by Crippen LogP contribution is 2.14. The van der Waals surface area contributed by atoms with Crippen molar-refractivity contribution in [3.8, 4) is 5.75 Å². The van der Waals surface area contributed by atoms with Crippen molar-refractivity contribution in [1.29, 1.82) is 0 Å². The van der Waals surface area contributed by atoms with Crippen LogP contribution in [0.15, 0.2) is 41.3 Å².